The van der Waals surface area contributed by atoms with Gasteiger partial charge in [0.05, 0.1) is 11.9 Å². The third-order valence-corrected chi connectivity index (χ3v) is 2.12. The molecule has 0 radical (unpaired) electrons. The van der Waals surface area contributed by atoms with Gasteiger partial charge in [0.2, 0.25) is 0 Å². The number of carbonyl (C=O) groups is 1. The third kappa shape index (κ3) is 2.22. The van der Waals surface area contributed by atoms with Crippen LogP contribution in [0.15, 0.2) is 36.8 Å². The predicted octanol–water partition coefficient (Wildman–Crippen LogP) is 1.70. The summed E-state index contributed by atoms with van der Waals surface area (Å²) in [6, 6.07) is 6.89. The number of hydrogen-bond donors (Lipinski definition) is 2. The highest BCUT2D eigenvalue weighted by Crippen LogP contribution is 2.09. The first-order chi connectivity index (χ1) is 7.25. The van der Waals surface area contributed by atoms with Crippen molar-refractivity contribution >= 4 is 5.97 Å². The molecular formula is C11H10N2O2. The van der Waals surface area contributed by atoms with Gasteiger partial charge < -0.3 is 10.1 Å². The van der Waals surface area contributed by atoms with Gasteiger partial charge >= 0.3 is 5.97 Å². The average Bonchev–Trinajstić information content (AvgIpc) is 2.71. The summed E-state index contributed by atoms with van der Waals surface area (Å²) in [4.78, 5) is 17.6. The van der Waals surface area contributed by atoms with Crippen molar-refractivity contribution in [3.63, 3.8) is 0 Å². The minimum Gasteiger partial charge on any atom is -0.478 e. The zero-order valence-corrected chi connectivity index (χ0v) is 7.97. The number of nitrogens with one attached hydrogen (secondary N) is 1. The lowest BCUT2D eigenvalue weighted by atomic mass is 10.1. The van der Waals surface area contributed by atoms with Crippen molar-refractivity contribution in [1.82, 2.24) is 9.97 Å². The van der Waals surface area contributed by atoms with E-state index in [2.05, 4.69) is 9.97 Å². The molecule has 0 aliphatic rings. The molecule has 1 heterocycles. The van der Waals surface area contributed by atoms with Crippen molar-refractivity contribution < 1.29 is 9.90 Å². The predicted molar refractivity (Wildman–Crippen MR) is 54.8 cm³/mol. The lowest BCUT2D eigenvalue weighted by Crippen LogP contribution is -1.97. The third-order valence-electron chi connectivity index (χ3n) is 2.12. The SMILES string of the molecule is O=C(O)c1cccc(Cc2cnc[nH]2)c1. The number of aromatic carboxylic acids is 1. The van der Waals surface area contributed by atoms with Crippen LogP contribution in [0.2, 0.25) is 0 Å². The summed E-state index contributed by atoms with van der Waals surface area (Å²) in [5, 5.41) is 8.82. The number of nitrogens with zero attached hydrogens (tertiary/aromatic N) is 1. The van der Waals surface area contributed by atoms with Crippen molar-refractivity contribution in [2.24, 2.45) is 0 Å². The second-order valence-electron chi connectivity index (χ2n) is 3.26. The van der Waals surface area contributed by atoms with Crippen molar-refractivity contribution in [2.45, 2.75) is 6.42 Å². The molecule has 2 aromatic rings. The fourth-order valence-corrected chi connectivity index (χ4v) is 1.42. The highest BCUT2D eigenvalue weighted by molar-refractivity contribution is 5.87. The number of aromatic amines is 1. The molecule has 4 heteroatoms. The van der Waals surface area contributed by atoms with Gasteiger partial charge in [0, 0.05) is 18.3 Å². The molecule has 0 atom stereocenters. The smallest absolute Gasteiger partial charge is 0.335 e. The van der Waals surface area contributed by atoms with E-state index in [1.54, 1.807) is 30.7 Å². The number of hydrogen-bond acceptors (Lipinski definition) is 2. The van der Waals surface area contributed by atoms with Crippen LogP contribution >= 0.6 is 0 Å². The van der Waals surface area contributed by atoms with E-state index in [1.165, 1.54) is 0 Å². The summed E-state index contributed by atoms with van der Waals surface area (Å²) >= 11 is 0. The number of H-pyrrole nitrogens is 1. The summed E-state index contributed by atoms with van der Waals surface area (Å²) in [5.41, 5.74) is 2.24. The van der Waals surface area contributed by atoms with Gasteiger partial charge in [-0.3, -0.25) is 0 Å². The van der Waals surface area contributed by atoms with Gasteiger partial charge in [-0.05, 0) is 17.7 Å². The second-order valence-corrected chi connectivity index (χ2v) is 3.26. The number of rotatable bonds is 3. The van der Waals surface area contributed by atoms with Gasteiger partial charge in [0.1, 0.15) is 0 Å². The summed E-state index contributed by atoms with van der Waals surface area (Å²) in [6.07, 6.45) is 4.00. The maximum atomic E-state index is 10.7. The molecule has 0 fully saturated rings. The Kier molecular flexibility index (Phi) is 2.49. The summed E-state index contributed by atoms with van der Waals surface area (Å²) < 4.78 is 0. The van der Waals surface area contributed by atoms with Crippen LogP contribution < -0.4 is 0 Å². The molecule has 0 unspecified atom stereocenters. The largest absolute Gasteiger partial charge is 0.478 e. The highest BCUT2D eigenvalue weighted by atomic mass is 16.4. The molecule has 2 rings (SSSR count). The topological polar surface area (TPSA) is 66.0 Å². The van der Waals surface area contributed by atoms with Crippen LogP contribution in [-0.4, -0.2) is 21.0 Å². The standard InChI is InChI=1S/C11H10N2O2/c14-11(15)9-3-1-2-8(4-9)5-10-6-12-7-13-10/h1-4,6-7H,5H2,(H,12,13)(H,14,15). The Bertz CT molecular complexity index is 463. The Morgan fingerprint density at radius 1 is 1.47 bits per heavy atom. The molecule has 0 saturated heterocycles. The molecule has 0 spiro atoms. The van der Waals surface area contributed by atoms with Crippen molar-refractivity contribution in [3.05, 3.63) is 53.6 Å². The fraction of sp³-hybridized carbons (Fsp3) is 0.0909. The number of benzene rings is 1. The van der Waals surface area contributed by atoms with Crippen molar-refractivity contribution in [3.8, 4) is 0 Å². The van der Waals surface area contributed by atoms with Crippen molar-refractivity contribution in [2.75, 3.05) is 0 Å². The maximum absolute atomic E-state index is 10.7. The van der Waals surface area contributed by atoms with E-state index in [-0.39, 0.29) is 0 Å². The van der Waals surface area contributed by atoms with Gasteiger partial charge in [-0.2, -0.15) is 0 Å². The van der Waals surface area contributed by atoms with Gasteiger partial charge in [0.15, 0.2) is 0 Å². The zero-order valence-electron chi connectivity index (χ0n) is 7.97. The van der Waals surface area contributed by atoms with E-state index in [0.29, 0.717) is 12.0 Å². The summed E-state index contributed by atoms with van der Waals surface area (Å²) in [6.45, 7) is 0. The molecular weight excluding hydrogens is 192 g/mol. The first-order valence-electron chi connectivity index (χ1n) is 4.55. The maximum Gasteiger partial charge on any atom is 0.335 e. The van der Waals surface area contributed by atoms with E-state index in [0.717, 1.165) is 11.3 Å². The minimum atomic E-state index is -0.901. The van der Waals surface area contributed by atoms with Gasteiger partial charge in [-0.1, -0.05) is 12.1 Å². The fourth-order valence-electron chi connectivity index (χ4n) is 1.42. The molecule has 0 saturated carbocycles. The number of aromatic nitrogens is 2. The molecule has 0 aliphatic heterocycles. The van der Waals surface area contributed by atoms with Crippen LogP contribution in [0.5, 0.6) is 0 Å². The first kappa shape index (κ1) is 9.45. The Hall–Kier alpha value is -2.10. The zero-order chi connectivity index (χ0) is 10.7. The highest BCUT2D eigenvalue weighted by Gasteiger charge is 2.03. The lowest BCUT2D eigenvalue weighted by Gasteiger charge is -2.00. The van der Waals surface area contributed by atoms with Crippen LogP contribution in [0, 0.1) is 0 Å². The van der Waals surface area contributed by atoms with Crippen LogP contribution in [0.1, 0.15) is 21.6 Å². The molecule has 0 aliphatic carbocycles. The van der Waals surface area contributed by atoms with E-state index < -0.39 is 5.97 Å². The first-order valence-corrected chi connectivity index (χ1v) is 4.55. The summed E-state index contributed by atoms with van der Waals surface area (Å²) in [7, 11) is 0. The van der Waals surface area contributed by atoms with Crippen LogP contribution in [0.25, 0.3) is 0 Å². The van der Waals surface area contributed by atoms with E-state index >= 15 is 0 Å². The molecule has 1 aromatic carbocycles. The molecule has 0 bridgehead atoms. The number of carboxylic acids is 1. The Labute approximate surface area is 86.6 Å². The molecule has 1 aromatic heterocycles. The normalized spacial score (nSPS) is 10.1. The van der Waals surface area contributed by atoms with Gasteiger partial charge in [-0.25, -0.2) is 9.78 Å². The molecule has 2 N–H and O–H groups in total. The lowest BCUT2D eigenvalue weighted by molar-refractivity contribution is 0.0697. The summed E-state index contributed by atoms with van der Waals surface area (Å²) in [5.74, 6) is -0.901. The monoisotopic (exact) mass is 202 g/mol. The molecule has 0 amide bonds. The molecule has 4 nitrogen and oxygen atoms in total. The second kappa shape index (κ2) is 3.96. The van der Waals surface area contributed by atoms with Gasteiger partial charge in [-0.15, -0.1) is 0 Å². The Morgan fingerprint density at radius 2 is 2.33 bits per heavy atom. The van der Waals surface area contributed by atoms with Crippen molar-refractivity contribution in [1.29, 1.82) is 0 Å². The average molecular weight is 202 g/mol. The number of imidazole rings is 1. The molecule has 15 heavy (non-hydrogen) atoms. The Balaban J connectivity index is 2.22. The minimum absolute atomic E-state index is 0.312. The van der Waals surface area contributed by atoms with E-state index in [4.69, 9.17) is 5.11 Å². The molecule has 76 valence electrons. The van der Waals surface area contributed by atoms with Crippen LogP contribution in [-0.2, 0) is 6.42 Å². The number of carboxylic acid groups (broad SMARTS) is 1. The van der Waals surface area contributed by atoms with E-state index in [1.807, 2.05) is 6.07 Å². The van der Waals surface area contributed by atoms with Crippen LogP contribution in [0.3, 0.4) is 0 Å². The van der Waals surface area contributed by atoms with Gasteiger partial charge in [0.25, 0.3) is 0 Å². The quantitative estimate of drug-likeness (QED) is 0.796. The Morgan fingerprint density at radius 3 is 3.00 bits per heavy atom. The van der Waals surface area contributed by atoms with E-state index in [9.17, 15) is 4.79 Å². The van der Waals surface area contributed by atoms with Crippen LogP contribution in [0.4, 0.5) is 0 Å².